The predicted octanol–water partition coefficient (Wildman–Crippen LogP) is 3.45. The van der Waals surface area contributed by atoms with Gasteiger partial charge in [0.2, 0.25) is 0 Å². The second kappa shape index (κ2) is 11.4. The number of carbonyl (C=O) groups is 1. The van der Waals surface area contributed by atoms with Crippen LogP contribution in [0, 0.1) is 11.3 Å². The van der Waals surface area contributed by atoms with Crippen molar-refractivity contribution in [2.24, 2.45) is 0 Å². The Hall–Kier alpha value is -2.79. The molecule has 7 nitrogen and oxygen atoms in total. The van der Waals surface area contributed by atoms with Crippen molar-refractivity contribution in [3.05, 3.63) is 58.6 Å². The number of aliphatic carboxylic acids is 1. The van der Waals surface area contributed by atoms with Crippen LogP contribution in [0.1, 0.15) is 25.0 Å². The van der Waals surface area contributed by atoms with Crippen LogP contribution in [0.5, 0.6) is 11.5 Å². The summed E-state index contributed by atoms with van der Waals surface area (Å²) in [4.78, 5) is 11.4. The molecule has 0 fully saturated rings. The van der Waals surface area contributed by atoms with Crippen molar-refractivity contribution in [3.8, 4) is 17.6 Å². The summed E-state index contributed by atoms with van der Waals surface area (Å²) >= 11 is 5.85. The highest BCUT2D eigenvalue weighted by Gasteiger charge is 2.20. The summed E-state index contributed by atoms with van der Waals surface area (Å²) in [7, 11) is 0. The predicted molar refractivity (Wildman–Crippen MR) is 111 cm³/mol. The molecule has 2 N–H and O–H groups in total. The number of halogens is 1. The first-order valence-corrected chi connectivity index (χ1v) is 9.76. The summed E-state index contributed by atoms with van der Waals surface area (Å²) < 4.78 is 16.5. The van der Waals surface area contributed by atoms with E-state index in [1.807, 2.05) is 6.07 Å². The van der Waals surface area contributed by atoms with Gasteiger partial charge in [-0.15, -0.1) is 0 Å². The van der Waals surface area contributed by atoms with Crippen LogP contribution in [0.15, 0.2) is 42.5 Å². The summed E-state index contributed by atoms with van der Waals surface area (Å²) in [5.74, 6) is -0.209. The fraction of sp³-hybridized carbons (Fsp3) is 0.364. The first-order valence-electron chi connectivity index (χ1n) is 9.39. The van der Waals surface area contributed by atoms with Crippen molar-refractivity contribution in [2.75, 3.05) is 13.2 Å². The zero-order valence-electron chi connectivity index (χ0n) is 16.7. The van der Waals surface area contributed by atoms with Crippen LogP contribution >= 0.6 is 11.6 Å². The second-order valence-corrected chi connectivity index (χ2v) is 7.33. The van der Waals surface area contributed by atoms with Gasteiger partial charge in [-0.2, -0.15) is 5.26 Å². The van der Waals surface area contributed by atoms with Gasteiger partial charge in [0.05, 0.1) is 11.7 Å². The van der Waals surface area contributed by atoms with E-state index in [2.05, 4.69) is 0 Å². The number of benzene rings is 2. The van der Waals surface area contributed by atoms with Crippen LogP contribution in [-0.4, -0.2) is 47.7 Å². The number of carboxylic acids is 1. The molecule has 2 rings (SSSR count). The van der Waals surface area contributed by atoms with E-state index in [-0.39, 0.29) is 31.3 Å². The summed E-state index contributed by atoms with van der Waals surface area (Å²) in [5.41, 5.74) is 1.02. The Morgan fingerprint density at radius 2 is 1.90 bits per heavy atom. The van der Waals surface area contributed by atoms with Crippen molar-refractivity contribution in [1.82, 2.24) is 0 Å². The summed E-state index contributed by atoms with van der Waals surface area (Å²) in [5, 5.41) is 29.0. The van der Waals surface area contributed by atoms with E-state index < -0.39 is 18.2 Å². The zero-order chi connectivity index (χ0) is 22.1. The van der Waals surface area contributed by atoms with Gasteiger partial charge in [0.1, 0.15) is 36.9 Å². The molecule has 0 aliphatic heterocycles. The number of nitrogens with zero attached hydrogens (tertiary/aromatic N) is 1. The van der Waals surface area contributed by atoms with E-state index in [0.29, 0.717) is 16.5 Å². The van der Waals surface area contributed by atoms with Crippen LogP contribution < -0.4 is 9.47 Å². The van der Waals surface area contributed by atoms with Crippen molar-refractivity contribution in [1.29, 1.82) is 5.26 Å². The van der Waals surface area contributed by atoms with Crippen molar-refractivity contribution >= 4 is 17.6 Å². The zero-order valence-corrected chi connectivity index (χ0v) is 17.5. The molecule has 0 bridgehead atoms. The molecule has 0 aliphatic rings. The molecule has 2 aromatic rings. The van der Waals surface area contributed by atoms with Crippen LogP contribution in [0.4, 0.5) is 0 Å². The van der Waals surface area contributed by atoms with Gasteiger partial charge in [0, 0.05) is 11.4 Å². The van der Waals surface area contributed by atoms with Crippen LogP contribution in [-0.2, 0) is 16.0 Å². The second-order valence-electron chi connectivity index (χ2n) is 6.89. The quantitative estimate of drug-likeness (QED) is 0.558. The van der Waals surface area contributed by atoms with E-state index in [4.69, 9.17) is 31.1 Å². The first kappa shape index (κ1) is 23.5. The number of rotatable bonds is 11. The minimum atomic E-state index is -1.03. The average molecular weight is 434 g/mol. The van der Waals surface area contributed by atoms with Crippen LogP contribution in [0.2, 0.25) is 5.02 Å². The highest BCUT2D eigenvalue weighted by molar-refractivity contribution is 6.30. The number of nitriles is 1. The molecule has 2 atom stereocenters. The lowest BCUT2D eigenvalue weighted by Gasteiger charge is -2.17. The fourth-order valence-electron chi connectivity index (χ4n) is 2.64. The maximum atomic E-state index is 11.4. The topological polar surface area (TPSA) is 109 Å². The minimum absolute atomic E-state index is 0.0379. The largest absolute Gasteiger partial charge is 0.491 e. The molecule has 0 radical (unpaired) electrons. The van der Waals surface area contributed by atoms with E-state index in [1.54, 1.807) is 50.2 Å². The number of hydrogen-bond donors (Lipinski definition) is 2. The van der Waals surface area contributed by atoms with Gasteiger partial charge in [-0.25, -0.2) is 4.79 Å². The van der Waals surface area contributed by atoms with E-state index in [1.165, 1.54) is 6.07 Å². The Morgan fingerprint density at radius 1 is 1.17 bits per heavy atom. The highest BCUT2D eigenvalue weighted by atomic mass is 35.5. The smallest absolute Gasteiger partial charge is 0.333 e. The fourth-order valence-corrected chi connectivity index (χ4v) is 2.81. The van der Waals surface area contributed by atoms with Gasteiger partial charge in [-0.1, -0.05) is 23.7 Å². The van der Waals surface area contributed by atoms with Crippen LogP contribution in [0.25, 0.3) is 0 Å². The molecule has 0 aromatic heterocycles. The molecule has 0 aliphatic carbocycles. The van der Waals surface area contributed by atoms with Gasteiger partial charge in [0.15, 0.2) is 6.10 Å². The number of aliphatic hydroxyl groups excluding tert-OH is 1. The summed E-state index contributed by atoms with van der Waals surface area (Å²) in [6.07, 6.45) is -1.90. The Labute approximate surface area is 180 Å². The number of ether oxygens (including phenoxy) is 3. The molecular weight excluding hydrogens is 410 g/mol. The molecule has 0 unspecified atom stereocenters. The maximum Gasteiger partial charge on any atom is 0.333 e. The molecule has 0 spiro atoms. The van der Waals surface area contributed by atoms with Crippen molar-refractivity contribution in [3.63, 3.8) is 0 Å². The lowest BCUT2D eigenvalue weighted by molar-refractivity contribution is -0.153. The standard InChI is InChI=1S/C22H24ClNO6/c1-14(2)30-21(22(26)27)9-15-4-3-5-19(8-15)28-12-18(25)13-29-20-7-6-17(23)10-16(20)11-24/h3-8,10,14,18,21,25H,9,12-13H2,1-2H3,(H,26,27)/t18-,21-/m0/s1. The van der Waals surface area contributed by atoms with E-state index >= 15 is 0 Å². The summed E-state index contributed by atoms with van der Waals surface area (Å²) in [6, 6.07) is 13.6. The van der Waals surface area contributed by atoms with Gasteiger partial charge in [0.25, 0.3) is 0 Å². The Morgan fingerprint density at radius 3 is 2.57 bits per heavy atom. The SMILES string of the molecule is CC(C)O[C@@H](Cc1cccc(OC[C@H](O)COc2ccc(Cl)cc2C#N)c1)C(=O)O. The third kappa shape index (κ3) is 7.56. The van der Waals surface area contributed by atoms with Gasteiger partial charge in [-0.3, -0.25) is 0 Å². The molecule has 0 saturated heterocycles. The summed E-state index contributed by atoms with van der Waals surface area (Å²) in [6.45, 7) is 3.45. The van der Waals surface area contributed by atoms with Gasteiger partial charge < -0.3 is 24.4 Å². The van der Waals surface area contributed by atoms with Crippen molar-refractivity contribution < 1.29 is 29.2 Å². The lowest BCUT2D eigenvalue weighted by atomic mass is 10.1. The third-order valence-electron chi connectivity index (χ3n) is 3.97. The van der Waals surface area contributed by atoms with Gasteiger partial charge in [-0.05, 0) is 49.7 Å². The molecule has 0 saturated carbocycles. The average Bonchev–Trinajstić information content (AvgIpc) is 2.70. The van der Waals surface area contributed by atoms with E-state index in [9.17, 15) is 15.0 Å². The third-order valence-corrected chi connectivity index (χ3v) is 4.20. The molecule has 30 heavy (non-hydrogen) atoms. The van der Waals surface area contributed by atoms with Crippen LogP contribution in [0.3, 0.4) is 0 Å². The highest BCUT2D eigenvalue weighted by Crippen LogP contribution is 2.22. The Balaban J connectivity index is 1.89. The number of aliphatic hydroxyl groups is 1. The lowest BCUT2D eigenvalue weighted by Crippen LogP contribution is -2.29. The normalized spacial score (nSPS) is 12.8. The Bertz CT molecular complexity index is 895. The molecular formula is C22H24ClNO6. The number of carboxylic acid groups (broad SMARTS) is 1. The molecule has 160 valence electrons. The first-order chi connectivity index (χ1) is 14.3. The monoisotopic (exact) mass is 433 g/mol. The van der Waals surface area contributed by atoms with E-state index in [0.717, 1.165) is 5.56 Å². The minimum Gasteiger partial charge on any atom is -0.491 e. The number of hydrogen-bond acceptors (Lipinski definition) is 6. The molecule has 8 heteroatoms. The molecule has 0 heterocycles. The Kier molecular flexibility index (Phi) is 8.93. The van der Waals surface area contributed by atoms with Crippen molar-refractivity contribution in [2.45, 2.75) is 38.6 Å². The maximum absolute atomic E-state index is 11.4. The molecule has 2 aromatic carbocycles. The van der Waals surface area contributed by atoms with Gasteiger partial charge >= 0.3 is 5.97 Å². The molecule has 0 amide bonds.